The maximum atomic E-state index is 11.1. The van der Waals surface area contributed by atoms with Crippen molar-refractivity contribution >= 4 is 35.1 Å². The molecule has 0 aliphatic carbocycles. The van der Waals surface area contributed by atoms with Crippen molar-refractivity contribution in [3.05, 3.63) is 0 Å². The second-order valence-corrected chi connectivity index (χ2v) is 5.84. The number of rotatable bonds is 9. The lowest BCUT2D eigenvalue weighted by Crippen LogP contribution is -2.25. The zero-order valence-electron chi connectivity index (χ0n) is 15.0. The van der Waals surface area contributed by atoms with Crippen LogP contribution in [0.15, 0.2) is 0 Å². The van der Waals surface area contributed by atoms with Crippen LogP contribution in [0.4, 0.5) is 0 Å². The number of ketones is 2. The highest BCUT2D eigenvalue weighted by atomic mass is 35.5. The number of carbonyl (C=O) groups excluding carboxylic acids is 4. The van der Waals surface area contributed by atoms with Crippen LogP contribution in [0.3, 0.4) is 0 Å². The maximum absolute atomic E-state index is 11.1. The van der Waals surface area contributed by atoms with Gasteiger partial charge < -0.3 is 14.2 Å². The fraction of sp³-hybridized carbons (Fsp3) is 0.750. The molecule has 0 saturated heterocycles. The third kappa shape index (κ3) is 18.6. The average molecular weight is 367 g/mol. The number of hydrogen-bond acceptors (Lipinski definition) is 7. The van der Waals surface area contributed by atoms with E-state index >= 15 is 0 Å². The van der Waals surface area contributed by atoms with Gasteiger partial charge in [0.05, 0.1) is 24.7 Å². The van der Waals surface area contributed by atoms with E-state index in [-0.39, 0.29) is 42.5 Å². The largest absolute Gasteiger partial charge is 0.466 e. The summed E-state index contributed by atoms with van der Waals surface area (Å²) in [4.78, 5) is 43.0. The summed E-state index contributed by atoms with van der Waals surface area (Å²) in [5, 5.41) is 0. The van der Waals surface area contributed by atoms with Gasteiger partial charge in [-0.05, 0) is 34.6 Å². The highest BCUT2D eigenvalue weighted by Crippen LogP contribution is 2.06. The van der Waals surface area contributed by atoms with Crippen LogP contribution >= 0.6 is 11.6 Å². The van der Waals surface area contributed by atoms with Gasteiger partial charge in [-0.1, -0.05) is 0 Å². The third-order valence-corrected chi connectivity index (χ3v) is 2.41. The van der Waals surface area contributed by atoms with Crippen LogP contribution in [0, 0.1) is 0 Å². The molecular formula is C16H27ClO7. The number of carbonyl (C=O) groups is 4. The van der Waals surface area contributed by atoms with Crippen molar-refractivity contribution in [1.82, 2.24) is 0 Å². The number of hydrogen-bond donors (Lipinski definition) is 0. The van der Waals surface area contributed by atoms with Crippen molar-refractivity contribution in [2.45, 2.75) is 53.1 Å². The quantitative estimate of drug-likeness (QED) is 0.350. The van der Waals surface area contributed by atoms with E-state index < -0.39 is 11.9 Å². The molecule has 0 heterocycles. The van der Waals surface area contributed by atoms with E-state index in [9.17, 15) is 19.2 Å². The van der Waals surface area contributed by atoms with Crippen molar-refractivity contribution < 1.29 is 33.4 Å². The molecule has 0 spiro atoms. The van der Waals surface area contributed by atoms with E-state index in [0.717, 1.165) is 0 Å². The molecule has 0 aliphatic rings. The molecule has 140 valence electrons. The summed E-state index contributed by atoms with van der Waals surface area (Å²) in [6.07, 6.45) is -0.415. The zero-order chi connectivity index (χ0) is 19.2. The highest BCUT2D eigenvalue weighted by Gasteiger charge is 2.15. The van der Waals surface area contributed by atoms with Gasteiger partial charge in [0.2, 0.25) is 0 Å². The van der Waals surface area contributed by atoms with Gasteiger partial charge in [0.15, 0.2) is 11.6 Å². The van der Waals surface area contributed by atoms with Crippen LogP contribution in [0.5, 0.6) is 0 Å². The van der Waals surface area contributed by atoms with Crippen LogP contribution in [0.1, 0.15) is 47.5 Å². The molecule has 7 nitrogen and oxygen atoms in total. The predicted octanol–water partition coefficient (Wildman–Crippen LogP) is 2.07. The van der Waals surface area contributed by atoms with Crippen LogP contribution in [-0.2, 0) is 33.4 Å². The van der Waals surface area contributed by atoms with Gasteiger partial charge >= 0.3 is 11.9 Å². The van der Waals surface area contributed by atoms with Crippen LogP contribution < -0.4 is 0 Å². The zero-order valence-corrected chi connectivity index (χ0v) is 15.7. The summed E-state index contributed by atoms with van der Waals surface area (Å²) in [6, 6.07) is 0. The molecule has 0 fully saturated rings. The van der Waals surface area contributed by atoms with Gasteiger partial charge in [0.25, 0.3) is 0 Å². The van der Waals surface area contributed by atoms with Gasteiger partial charge in [-0.15, -0.1) is 11.6 Å². The van der Waals surface area contributed by atoms with E-state index in [1.165, 1.54) is 0 Å². The topological polar surface area (TPSA) is 96.0 Å². The minimum absolute atomic E-state index is 0.0394. The van der Waals surface area contributed by atoms with E-state index in [4.69, 9.17) is 16.3 Å². The molecule has 8 heteroatoms. The molecule has 0 aromatic rings. The first-order valence-electron chi connectivity index (χ1n) is 7.60. The van der Waals surface area contributed by atoms with Crippen molar-refractivity contribution in [1.29, 1.82) is 0 Å². The van der Waals surface area contributed by atoms with Crippen molar-refractivity contribution in [2.75, 3.05) is 25.7 Å². The fourth-order valence-electron chi connectivity index (χ4n) is 1.14. The summed E-state index contributed by atoms with van der Waals surface area (Å²) in [7, 11) is 0. The Labute approximate surface area is 148 Å². The molecule has 0 aliphatic heterocycles. The Morgan fingerprint density at radius 1 is 0.833 bits per heavy atom. The Kier molecular flexibility index (Phi) is 14.4. The predicted molar refractivity (Wildman–Crippen MR) is 88.9 cm³/mol. The average Bonchev–Trinajstić information content (AvgIpc) is 2.45. The molecule has 0 radical (unpaired) electrons. The summed E-state index contributed by atoms with van der Waals surface area (Å²) in [6.45, 7) is 9.50. The van der Waals surface area contributed by atoms with Gasteiger partial charge in [-0.2, -0.15) is 0 Å². The van der Waals surface area contributed by atoms with Crippen molar-refractivity contribution in [2.24, 2.45) is 0 Å². The first-order valence-corrected chi connectivity index (χ1v) is 8.13. The van der Waals surface area contributed by atoms with Crippen LogP contribution in [0.25, 0.3) is 0 Å². The summed E-state index contributed by atoms with van der Waals surface area (Å²) in [5.74, 6) is -1.68. The van der Waals surface area contributed by atoms with Crippen LogP contribution in [-0.4, -0.2) is 54.8 Å². The highest BCUT2D eigenvalue weighted by molar-refractivity contribution is 6.28. The van der Waals surface area contributed by atoms with E-state index in [2.05, 4.69) is 9.47 Å². The summed E-state index contributed by atoms with van der Waals surface area (Å²) < 4.78 is 14.3. The van der Waals surface area contributed by atoms with Gasteiger partial charge in [-0.25, -0.2) is 0 Å². The molecule has 0 saturated carbocycles. The van der Waals surface area contributed by atoms with E-state index in [0.29, 0.717) is 13.2 Å². The molecule has 24 heavy (non-hydrogen) atoms. The Morgan fingerprint density at radius 2 is 1.25 bits per heavy atom. The second kappa shape index (κ2) is 13.9. The normalized spacial score (nSPS) is 10.2. The van der Waals surface area contributed by atoms with E-state index in [1.807, 2.05) is 20.8 Å². The fourth-order valence-corrected chi connectivity index (χ4v) is 1.24. The first kappa shape index (κ1) is 24.8. The summed E-state index contributed by atoms with van der Waals surface area (Å²) >= 11 is 5.14. The standard InChI is InChI=1S/C10H18O4.C6H9ClO3/c1-5-13-9(12)6-8(11)7-14-10(2,3)4;1-2-10-6(9)3-5(8)4-7/h5-7H2,1-4H3;2-4H2,1H3. The molecule has 0 unspecified atom stereocenters. The Balaban J connectivity index is 0. The Hall–Kier alpha value is -1.47. The lowest BCUT2D eigenvalue weighted by Gasteiger charge is -2.18. The van der Waals surface area contributed by atoms with Crippen molar-refractivity contribution in [3.63, 3.8) is 0 Å². The second-order valence-electron chi connectivity index (χ2n) is 5.58. The number of esters is 2. The molecular weight excluding hydrogens is 340 g/mol. The molecule has 0 bridgehead atoms. The maximum Gasteiger partial charge on any atom is 0.313 e. The monoisotopic (exact) mass is 366 g/mol. The minimum Gasteiger partial charge on any atom is -0.466 e. The number of Topliss-reactive ketones (excluding diaryl/α,β-unsaturated/α-hetero) is 2. The van der Waals surface area contributed by atoms with Gasteiger partial charge in [0, 0.05) is 0 Å². The molecule has 0 atom stereocenters. The van der Waals surface area contributed by atoms with Gasteiger partial charge in [0.1, 0.15) is 19.4 Å². The first-order chi connectivity index (χ1) is 11.1. The molecule has 0 rings (SSSR count). The number of ether oxygens (including phenoxy) is 3. The number of alkyl halides is 1. The molecule has 0 aromatic heterocycles. The lowest BCUT2D eigenvalue weighted by molar-refractivity contribution is -0.148. The van der Waals surface area contributed by atoms with Gasteiger partial charge in [-0.3, -0.25) is 19.2 Å². The Bertz CT molecular complexity index is 413. The SMILES string of the molecule is CCOC(=O)CC(=O)CCl.CCOC(=O)CC(=O)COC(C)(C)C. The smallest absolute Gasteiger partial charge is 0.313 e. The number of halogens is 1. The van der Waals surface area contributed by atoms with Crippen LogP contribution in [0.2, 0.25) is 0 Å². The molecule has 0 amide bonds. The van der Waals surface area contributed by atoms with Crippen molar-refractivity contribution in [3.8, 4) is 0 Å². The van der Waals surface area contributed by atoms with E-state index in [1.54, 1.807) is 13.8 Å². The molecule has 0 aromatic carbocycles. The third-order valence-electron chi connectivity index (χ3n) is 2.11. The minimum atomic E-state index is -0.506. The molecule has 0 N–H and O–H groups in total. The Morgan fingerprint density at radius 3 is 1.58 bits per heavy atom. The summed E-state index contributed by atoms with van der Waals surface area (Å²) in [5.41, 5.74) is -0.357. The lowest BCUT2D eigenvalue weighted by atomic mass is 10.2.